The van der Waals surface area contributed by atoms with Gasteiger partial charge in [0.05, 0.1) is 24.6 Å². The van der Waals surface area contributed by atoms with Crippen LogP contribution in [0.25, 0.3) is 6.08 Å². The fourth-order valence-corrected chi connectivity index (χ4v) is 6.96. The van der Waals surface area contributed by atoms with Gasteiger partial charge < -0.3 is 25.8 Å². The number of hydrogen-bond acceptors (Lipinski definition) is 10. The minimum atomic E-state index is -2.75. The lowest BCUT2D eigenvalue weighted by atomic mass is 9.52. The van der Waals surface area contributed by atoms with E-state index in [9.17, 15) is 39.3 Å². The molecular weight excluding hydrogens is 544 g/mol. The van der Waals surface area contributed by atoms with Crippen molar-refractivity contribution < 1.29 is 44.0 Å². The van der Waals surface area contributed by atoms with Crippen molar-refractivity contribution in [2.75, 3.05) is 21.2 Å². The molecule has 0 aliphatic heterocycles. The van der Waals surface area contributed by atoms with E-state index < -0.39 is 64.4 Å². The number of nitrogens with zero attached hydrogens (tertiary/aromatic N) is 1. The first-order chi connectivity index (χ1) is 19.8. The van der Waals surface area contributed by atoms with Crippen LogP contribution in [-0.4, -0.2) is 82.1 Å². The Balaban J connectivity index is 1.52. The van der Waals surface area contributed by atoms with E-state index in [1.54, 1.807) is 38.4 Å². The van der Waals surface area contributed by atoms with Crippen LogP contribution in [0.4, 0.5) is 0 Å². The van der Waals surface area contributed by atoms with Gasteiger partial charge in [0, 0.05) is 5.92 Å². The van der Waals surface area contributed by atoms with E-state index in [4.69, 9.17) is 10.5 Å². The summed E-state index contributed by atoms with van der Waals surface area (Å²) in [5, 5.41) is 32.2. The maximum absolute atomic E-state index is 13.9. The number of carbonyl (C=O) groups excluding carboxylic acids is 5. The summed E-state index contributed by atoms with van der Waals surface area (Å²) in [6.07, 6.45) is 4.27. The zero-order valence-electron chi connectivity index (χ0n) is 23.4. The molecule has 6 atom stereocenters. The SMILES string of the molecule is COc1cc(C/C=C\c2ccc(O)c3c2C[C@H]2C[C@H]4[C@H](N(C)C)C(=O)C(C(N)=O)C(=O)[C@@]4(O)C(=O)C2C3=O)ccc1O. The Morgan fingerprint density at radius 3 is 2.43 bits per heavy atom. The number of amides is 1. The van der Waals surface area contributed by atoms with Crippen LogP contribution in [0.1, 0.15) is 33.5 Å². The molecule has 11 heteroatoms. The van der Waals surface area contributed by atoms with E-state index in [1.807, 2.05) is 6.08 Å². The predicted molar refractivity (Wildman–Crippen MR) is 149 cm³/mol. The number of likely N-dealkylation sites (N-methyl/N-ethyl adjacent to an activating group) is 1. The minimum Gasteiger partial charge on any atom is -0.507 e. The average Bonchev–Trinajstić information content (AvgIpc) is 2.92. The highest BCUT2D eigenvalue weighted by Gasteiger charge is 2.69. The van der Waals surface area contributed by atoms with E-state index in [2.05, 4.69) is 0 Å². The minimum absolute atomic E-state index is 0.0165. The fraction of sp³-hybridized carbons (Fsp3) is 0.387. The molecule has 42 heavy (non-hydrogen) atoms. The zero-order valence-corrected chi connectivity index (χ0v) is 23.4. The van der Waals surface area contributed by atoms with Crippen LogP contribution in [0.2, 0.25) is 0 Å². The number of Topliss-reactive ketones (excluding diaryl/α,β-unsaturated/α-hetero) is 4. The molecule has 2 fully saturated rings. The molecule has 0 aromatic heterocycles. The molecule has 0 bridgehead atoms. The molecule has 2 aromatic rings. The number of rotatable bonds is 6. The third kappa shape index (κ3) is 4.31. The van der Waals surface area contributed by atoms with Crippen LogP contribution in [-0.2, 0) is 32.0 Å². The third-order valence-corrected chi connectivity index (χ3v) is 8.88. The van der Waals surface area contributed by atoms with Crippen molar-refractivity contribution in [1.82, 2.24) is 4.90 Å². The number of aromatic hydroxyl groups is 2. The number of hydrogen-bond donors (Lipinski definition) is 4. The van der Waals surface area contributed by atoms with Gasteiger partial charge in [-0.05, 0) is 74.2 Å². The van der Waals surface area contributed by atoms with Gasteiger partial charge in [0.15, 0.2) is 46.2 Å². The van der Waals surface area contributed by atoms with Gasteiger partial charge in [-0.2, -0.15) is 0 Å². The van der Waals surface area contributed by atoms with Crippen LogP contribution < -0.4 is 10.5 Å². The molecular formula is C31H32N2O9. The van der Waals surface area contributed by atoms with Crippen molar-refractivity contribution in [2.45, 2.75) is 30.9 Å². The third-order valence-electron chi connectivity index (χ3n) is 8.88. The van der Waals surface area contributed by atoms with Crippen molar-refractivity contribution in [3.05, 3.63) is 58.7 Å². The lowest BCUT2D eigenvalue weighted by Crippen LogP contribution is -2.74. The average molecular weight is 577 g/mol. The largest absolute Gasteiger partial charge is 0.507 e. The Morgan fingerprint density at radius 1 is 1.10 bits per heavy atom. The number of methoxy groups -OCH3 is 1. The second-order valence-electron chi connectivity index (χ2n) is 11.4. The molecule has 11 nitrogen and oxygen atoms in total. The van der Waals surface area contributed by atoms with Crippen LogP contribution in [0, 0.1) is 23.7 Å². The molecule has 0 saturated heterocycles. The van der Waals surface area contributed by atoms with Gasteiger partial charge in [0.25, 0.3) is 0 Å². The number of phenolic OH excluding ortho intramolecular Hbond substituents is 2. The Labute approximate surface area is 241 Å². The molecule has 3 aliphatic carbocycles. The normalized spacial score (nSPS) is 28.9. The summed E-state index contributed by atoms with van der Waals surface area (Å²) in [4.78, 5) is 67.8. The van der Waals surface area contributed by atoms with Gasteiger partial charge in [-0.3, -0.25) is 28.9 Å². The number of carbonyl (C=O) groups is 5. The lowest BCUT2D eigenvalue weighted by Gasteiger charge is -2.52. The smallest absolute Gasteiger partial charge is 0.235 e. The van der Waals surface area contributed by atoms with Crippen molar-refractivity contribution in [3.8, 4) is 17.2 Å². The number of phenols is 2. The Bertz CT molecular complexity index is 1560. The fourth-order valence-electron chi connectivity index (χ4n) is 6.96. The molecule has 5 rings (SSSR count). The van der Waals surface area contributed by atoms with E-state index in [0.717, 1.165) is 5.56 Å². The van der Waals surface area contributed by atoms with Gasteiger partial charge in [-0.15, -0.1) is 0 Å². The lowest BCUT2D eigenvalue weighted by molar-refractivity contribution is -0.181. The Kier molecular flexibility index (Phi) is 7.28. The first-order valence-corrected chi connectivity index (χ1v) is 13.5. The number of benzene rings is 2. The number of primary amides is 1. The standard InChI is InChI=1S/C31H32N2O9/c1-33(2)25-18-13-16-12-17-15(6-4-5-14-7-9-19(34)21(11-14)42-3)8-10-20(35)23(17)26(36)22(16)28(38)31(18,41)29(39)24(27(25)37)30(32)40/h4,6-11,16,18,22,24-25,34-35,41H,5,12-13H2,1-3H3,(H2,32,40)/b6-4-/t16-,18-,22?,24?,25-,31-/m0/s1. The van der Waals surface area contributed by atoms with Crippen molar-refractivity contribution >= 4 is 35.1 Å². The maximum atomic E-state index is 13.9. The Morgan fingerprint density at radius 2 is 1.79 bits per heavy atom. The number of aliphatic hydroxyl groups is 1. The molecule has 2 saturated carbocycles. The first-order valence-electron chi connectivity index (χ1n) is 13.5. The van der Waals surface area contributed by atoms with E-state index in [-0.39, 0.29) is 29.9 Å². The summed E-state index contributed by atoms with van der Waals surface area (Å²) in [6.45, 7) is 0. The van der Waals surface area contributed by atoms with Gasteiger partial charge >= 0.3 is 0 Å². The van der Waals surface area contributed by atoms with E-state index >= 15 is 0 Å². The molecule has 1 amide bonds. The summed E-state index contributed by atoms with van der Waals surface area (Å²) in [5.41, 5.74) is 4.55. The number of fused-ring (bicyclic) bond motifs is 3. The quantitative estimate of drug-likeness (QED) is 0.359. The predicted octanol–water partition coefficient (Wildman–Crippen LogP) is 0.837. The summed E-state index contributed by atoms with van der Waals surface area (Å²) in [6, 6.07) is 6.82. The molecule has 0 spiro atoms. The topological polar surface area (TPSA) is 185 Å². The number of allylic oxidation sites excluding steroid dienone is 1. The van der Waals surface area contributed by atoms with Gasteiger partial charge in [0.2, 0.25) is 5.91 Å². The number of ketones is 4. The van der Waals surface area contributed by atoms with Crippen LogP contribution in [0.5, 0.6) is 17.2 Å². The summed E-state index contributed by atoms with van der Waals surface area (Å²) >= 11 is 0. The summed E-state index contributed by atoms with van der Waals surface area (Å²) < 4.78 is 5.15. The highest BCUT2D eigenvalue weighted by atomic mass is 16.5. The second-order valence-corrected chi connectivity index (χ2v) is 11.4. The monoisotopic (exact) mass is 576 g/mol. The highest BCUT2D eigenvalue weighted by molar-refractivity contribution is 6.32. The maximum Gasteiger partial charge on any atom is 0.235 e. The van der Waals surface area contributed by atoms with Crippen molar-refractivity contribution in [1.29, 1.82) is 0 Å². The summed E-state index contributed by atoms with van der Waals surface area (Å²) in [7, 11) is 4.53. The van der Waals surface area contributed by atoms with E-state index in [0.29, 0.717) is 23.3 Å². The van der Waals surface area contributed by atoms with Crippen molar-refractivity contribution in [2.24, 2.45) is 29.4 Å². The van der Waals surface area contributed by atoms with Gasteiger partial charge in [0.1, 0.15) is 5.75 Å². The van der Waals surface area contributed by atoms with E-state index in [1.165, 1.54) is 24.1 Å². The summed E-state index contributed by atoms with van der Waals surface area (Å²) in [5.74, 6) is -10.4. The highest BCUT2D eigenvalue weighted by Crippen LogP contribution is 2.51. The number of nitrogens with two attached hydrogens (primary N) is 1. The van der Waals surface area contributed by atoms with Gasteiger partial charge in [-0.1, -0.05) is 24.3 Å². The molecule has 0 heterocycles. The molecule has 3 aliphatic rings. The van der Waals surface area contributed by atoms with Crippen LogP contribution in [0.15, 0.2) is 36.4 Å². The molecule has 220 valence electrons. The number of ether oxygens (including phenoxy) is 1. The van der Waals surface area contributed by atoms with Crippen LogP contribution in [0.3, 0.4) is 0 Å². The molecule has 2 aromatic carbocycles. The molecule has 2 unspecified atom stereocenters. The first kappa shape index (κ1) is 29.2. The molecule has 5 N–H and O–H groups in total. The Hall–Kier alpha value is -4.35. The van der Waals surface area contributed by atoms with Gasteiger partial charge in [-0.25, -0.2) is 0 Å². The van der Waals surface area contributed by atoms with Crippen molar-refractivity contribution in [3.63, 3.8) is 0 Å². The molecule has 0 radical (unpaired) electrons. The zero-order chi connectivity index (χ0) is 30.7. The van der Waals surface area contributed by atoms with Crippen LogP contribution >= 0.6 is 0 Å². The second kappa shape index (κ2) is 10.5.